The van der Waals surface area contributed by atoms with E-state index < -0.39 is 0 Å². The molecule has 0 atom stereocenters. The van der Waals surface area contributed by atoms with Gasteiger partial charge in [0.15, 0.2) is 0 Å². The largest absolute Gasteiger partial charge is 0.368 e. The van der Waals surface area contributed by atoms with Gasteiger partial charge in [-0.15, -0.1) is 0 Å². The van der Waals surface area contributed by atoms with Crippen LogP contribution >= 0.6 is 0 Å². The van der Waals surface area contributed by atoms with Gasteiger partial charge < -0.3 is 10.6 Å². The Morgan fingerprint density at radius 1 is 0.950 bits per heavy atom. The van der Waals surface area contributed by atoms with Gasteiger partial charge in [0.05, 0.1) is 0 Å². The first-order valence-electron chi connectivity index (χ1n) is 8.23. The smallest absolute Gasteiger partial charge is 0.132 e. The lowest BCUT2D eigenvalue weighted by Gasteiger charge is -2.17. The van der Waals surface area contributed by atoms with Gasteiger partial charge in [-0.1, -0.05) is 25.7 Å². The summed E-state index contributed by atoms with van der Waals surface area (Å²) in [4.78, 5) is 8.76. The maximum atomic E-state index is 4.40. The summed E-state index contributed by atoms with van der Waals surface area (Å²) in [6, 6.07) is 0.732. The number of hydrogen-bond acceptors (Lipinski definition) is 4. The number of hydrogen-bond donors (Lipinski definition) is 2. The van der Waals surface area contributed by atoms with Crippen molar-refractivity contribution in [2.45, 2.75) is 63.8 Å². The molecule has 0 unspecified atom stereocenters. The molecule has 2 aliphatic rings. The summed E-state index contributed by atoms with van der Waals surface area (Å²) in [6.45, 7) is 1.99. The molecule has 110 valence electrons. The average Bonchev–Trinajstić information content (AvgIpc) is 2.81. The summed E-state index contributed by atoms with van der Waals surface area (Å²) < 4.78 is 0. The number of rotatable bonds is 5. The Bertz CT molecular complexity index is 424. The molecule has 0 saturated heterocycles. The zero-order chi connectivity index (χ0) is 13.6. The van der Waals surface area contributed by atoms with E-state index in [9.17, 15) is 0 Å². The van der Waals surface area contributed by atoms with E-state index in [4.69, 9.17) is 0 Å². The number of fused-ring (bicyclic) bond motifs is 1. The van der Waals surface area contributed by atoms with Crippen LogP contribution in [0.2, 0.25) is 0 Å². The van der Waals surface area contributed by atoms with Crippen LogP contribution in [0, 0.1) is 0 Å². The lowest BCUT2D eigenvalue weighted by atomic mass is 10.1. The van der Waals surface area contributed by atoms with E-state index in [1.807, 2.05) is 0 Å². The highest BCUT2D eigenvalue weighted by Gasteiger charge is 2.16. The monoisotopic (exact) mass is 274 g/mol. The summed E-state index contributed by atoms with van der Waals surface area (Å²) in [6.07, 6.45) is 13.5. The predicted octanol–water partition coefficient (Wildman–Crippen LogP) is 2.69. The number of nitrogens with zero attached hydrogens (tertiary/aromatic N) is 2. The van der Waals surface area contributed by atoms with Gasteiger partial charge in [-0.2, -0.15) is 0 Å². The quantitative estimate of drug-likeness (QED) is 0.640. The fourth-order valence-corrected chi connectivity index (χ4v) is 3.45. The van der Waals surface area contributed by atoms with E-state index in [0.29, 0.717) is 0 Å². The van der Waals surface area contributed by atoms with Crippen LogP contribution in [0.5, 0.6) is 0 Å². The van der Waals surface area contributed by atoms with Gasteiger partial charge in [0.2, 0.25) is 0 Å². The number of aromatic nitrogens is 2. The third-order valence-electron chi connectivity index (χ3n) is 4.58. The average molecular weight is 274 g/mol. The highest BCUT2D eigenvalue weighted by Crippen LogP contribution is 2.24. The first-order valence-corrected chi connectivity index (χ1v) is 8.23. The summed E-state index contributed by atoms with van der Waals surface area (Å²) in [7, 11) is 0. The van der Waals surface area contributed by atoms with Crippen molar-refractivity contribution in [3.8, 4) is 0 Å². The zero-order valence-electron chi connectivity index (χ0n) is 12.3. The minimum Gasteiger partial charge on any atom is -0.368 e. The lowest BCUT2D eigenvalue weighted by Crippen LogP contribution is -2.32. The highest BCUT2D eigenvalue weighted by atomic mass is 15.0. The molecule has 20 heavy (non-hydrogen) atoms. The van der Waals surface area contributed by atoms with Crippen LogP contribution in [0.4, 0.5) is 5.82 Å². The van der Waals surface area contributed by atoms with Crippen LogP contribution in [0.3, 0.4) is 0 Å². The fourth-order valence-electron chi connectivity index (χ4n) is 3.45. The van der Waals surface area contributed by atoms with E-state index in [0.717, 1.165) is 37.8 Å². The minimum atomic E-state index is 0.732. The Morgan fingerprint density at radius 3 is 2.65 bits per heavy atom. The lowest BCUT2D eigenvalue weighted by molar-refractivity contribution is 0.468. The molecular formula is C16H26N4. The Balaban J connectivity index is 1.43. The second-order valence-electron chi connectivity index (χ2n) is 6.07. The molecule has 1 heterocycles. The molecule has 1 fully saturated rings. The van der Waals surface area contributed by atoms with Crippen molar-refractivity contribution in [2.24, 2.45) is 0 Å². The molecule has 0 radical (unpaired) electrons. The van der Waals surface area contributed by atoms with Crippen LogP contribution in [0.1, 0.15) is 56.2 Å². The summed E-state index contributed by atoms with van der Waals surface area (Å²) in [5.74, 6) is 1.06. The van der Waals surface area contributed by atoms with Gasteiger partial charge in [-0.3, -0.25) is 0 Å². The van der Waals surface area contributed by atoms with Crippen molar-refractivity contribution in [1.82, 2.24) is 15.3 Å². The van der Waals surface area contributed by atoms with Crippen LogP contribution in [-0.2, 0) is 12.8 Å². The van der Waals surface area contributed by atoms with Crippen molar-refractivity contribution in [1.29, 1.82) is 0 Å². The van der Waals surface area contributed by atoms with Gasteiger partial charge in [-0.25, -0.2) is 9.97 Å². The standard InChI is InChI=1S/C16H26N4/c1-2-4-7-13(6-3-1)17-10-11-18-16-14-8-5-9-15(14)19-12-20-16/h12-13,17H,1-11H2,(H,18,19,20). The molecule has 2 N–H and O–H groups in total. The molecule has 1 aromatic rings. The minimum absolute atomic E-state index is 0.732. The first kappa shape index (κ1) is 13.8. The summed E-state index contributed by atoms with van der Waals surface area (Å²) >= 11 is 0. The van der Waals surface area contributed by atoms with Crippen molar-refractivity contribution in [3.05, 3.63) is 17.6 Å². The maximum Gasteiger partial charge on any atom is 0.132 e. The molecule has 1 saturated carbocycles. The normalized spacial score (nSPS) is 19.6. The Labute approximate surface area is 121 Å². The second-order valence-corrected chi connectivity index (χ2v) is 6.07. The summed E-state index contributed by atoms with van der Waals surface area (Å²) in [5, 5.41) is 7.18. The third kappa shape index (κ3) is 3.48. The van der Waals surface area contributed by atoms with E-state index in [1.54, 1.807) is 6.33 Å². The molecule has 0 bridgehead atoms. The molecule has 2 aliphatic carbocycles. The van der Waals surface area contributed by atoms with E-state index in [-0.39, 0.29) is 0 Å². The van der Waals surface area contributed by atoms with Gasteiger partial charge in [-0.05, 0) is 32.1 Å². The predicted molar refractivity (Wildman–Crippen MR) is 82.0 cm³/mol. The number of nitrogens with one attached hydrogen (secondary N) is 2. The molecule has 4 heteroatoms. The van der Waals surface area contributed by atoms with E-state index in [2.05, 4.69) is 20.6 Å². The maximum absolute atomic E-state index is 4.40. The van der Waals surface area contributed by atoms with E-state index >= 15 is 0 Å². The van der Waals surface area contributed by atoms with Crippen molar-refractivity contribution < 1.29 is 0 Å². The molecule has 0 aromatic carbocycles. The Morgan fingerprint density at radius 2 is 1.80 bits per heavy atom. The Kier molecular flexibility index (Phi) is 4.85. The van der Waals surface area contributed by atoms with Gasteiger partial charge >= 0.3 is 0 Å². The number of anilines is 1. The number of aryl methyl sites for hydroxylation is 1. The van der Waals surface area contributed by atoms with E-state index in [1.165, 1.54) is 56.2 Å². The molecule has 0 spiro atoms. The summed E-state index contributed by atoms with van der Waals surface area (Å²) in [5.41, 5.74) is 2.60. The highest BCUT2D eigenvalue weighted by molar-refractivity contribution is 5.47. The third-order valence-corrected chi connectivity index (χ3v) is 4.58. The van der Waals surface area contributed by atoms with Crippen LogP contribution in [-0.4, -0.2) is 29.1 Å². The van der Waals surface area contributed by atoms with Crippen molar-refractivity contribution in [2.75, 3.05) is 18.4 Å². The Hall–Kier alpha value is -1.16. The fraction of sp³-hybridized carbons (Fsp3) is 0.750. The first-order chi connectivity index (χ1) is 9.93. The molecular weight excluding hydrogens is 248 g/mol. The van der Waals surface area contributed by atoms with Crippen LogP contribution in [0.15, 0.2) is 6.33 Å². The molecule has 0 aliphatic heterocycles. The van der Waals surface area contributed by atoms with Crippen LogP contribution < -0.4 is 10.6 Å². The van der Waals surface area contributed by atoms with Gasteiger partial charge in [0, 0.05) is 30.4 Å². The topological polar surface area (TPSA) is 49.8 Å². The zero-order valence-corrected chi connectivity index (χ0v) is 12.3. The van der Waals surface area contributed by atoms with Crippen LogP contribution in [0.25, 0.3) is 0 Å². The molecule has 3 rings (SSSR count). The molecule has 4 nitrogen and oxygen atoms in total. The molecule has 1 aromatic heterocycles. The van der Waals surface area contributed by atoms with Gasteiger partial charge in [0.1, 0.15) is 12.1 Å². The van der Waals surface area contributed by atoms with Gasteiger partial charge in [0.25, 0.3) is 0 Å². The van der Waals surface area contributed by atoms with Crippen molar-refractivity contribution >= 4 is 5.82 Å². The SMILES string of the molecule is c1nc2c(c(NCCNC3CCCCCC3)n1)CCC2. The molecule has 0 amide bonds. The van der Waals surface area contributed by atoms with Crippen molar-refractivity contribution in [3.63, 3.8) is 0 Å². The second kappa shape index (κ2) is 7.02.